The molecule has 4 heteroatoms. The van der Waals surface area contributed by atoms with Gasteiger partial charge in [0, 0.05) is 19.2 Å². The molecule has 106 valence electrons. The first-order valence-corrected chi connectivity index (χ1v) is 6.94. The van der Waals surface area contributed by atoms with E-state index in [-0.39, 0.29) is 0 Å². The molecule has 4 nitrogen and oxygen atoms in total. The Balaban J connectivity index is 1.77. The molecule has 1 aliphatic heterocycles. The van der Waals surface area contributed by atoms with Crippen LogP contribution in [0.5, 0.6) is 11.5 Å². The molecule has 1 aliphatic rings. The monoisotopic (exact) mass is 265 g/mol. The summed E-state index contributed by atoms with van der Waals surface area (Å²) in [6.07, 6.45) is 4.92. The van der Waals surface area contributed by atoms with Crippen LogP contribution in [0.15, 0.2) is 18.2 Å². The lowest BCUT2D eigenvalue weighted by Crippen LogP contribution is -2.08. The lowest BCUT2D eigenvalue weighted by atomic mass is 10.1. The van der Waals surface area contributed by atoms with Crippen molar-refractivity contribution >= 4 is 0 Å². The average molecular weight is 265 g/mol. The van der Waals surface area contributed by atoms with E-state index in [1.165, 1.54) is 12.8 Å². The molecule has 0 saturated carbocycles. The second-order valence-corrected chi connectivity index (χ2v) is 4.85. The summed E-state index contributed by atoms with van der Waals surface area (Å²) in [6, 6.07) is 5.79. The fourth-order valence-corrected chi connectivity index (χ4v) is 2.32. The molecule has 0 aliphatic carbocycles. The maximum absolute atomic E-state index is 5.76. The zero-order chi connectivity index (χ0) is 13.5. The molecule has 1 aromatic rings. The quantitative estimate of drug-likeness (QED) is 0.770. The lowest BCUT2D eigenvalue weighted by Gasteiger charge is -2.12. The molecular weight excluding hydrogens is 242 g/mol. The fraction of sp³-hybridized carbons (Fsp3) is 0.600. The maximum Gasteiger partial charge on any atom is 0.123 e. The minimum Gasteiger partial charge on any atom is -0.497 e. The molecule has 0 aromatic heterocycles. The molecule has 1 fully saturated rings. The first-order valence-electron chi connectivity index (χ1n) is 6.94. The van der Waals surface area contributed by atoms with E-state index in [4.69, 9.17) is 19.9 Å². The average Bonchev–Trinajstić information content (AvgIpc) is 2.96. The Morgan fingerprint density at radius 3 is 2.84 bits per heavy atom. The van der Waals surface area contributed by atoms with E-state index in [2.05, 4.69) is 0 Å². The van der Waals surface area contributed by atoms with Crippen molar-refractivity contribution in [2.24, 2.45) is 5.73 Å². The van der Waals surface area contributed by atoms with E-state index >= 15 is 0 Å². The number of methoxy groups -OCH3 is 1. The Labute approximate surface area is 114 Å². The Morgan fingerprint density at radius 2 is 2.16 bits per heavy atom. The molecule has 19 heavy (non-hydrogen) atoms. The molecule has 2 N–H and O–H groups in total. The van der Waals surface area contributed by atoms with E-state index in [0.29, 0.717) is 19.3 Å². The van der Waals surface area contributed by atoms with Crippen molar-refractivity contribution in [3.05, 3.63) is 23.8 Å². The summed E-state index contributed by atoms with van der Waals surface area (Å²) in [5.74, 6) is 1.62. The van der Waals surface area contributed by atoms with Gasteiger partial charge in [-0.25, -0.2) is 0 Å². The molecule has 1 aromatic carbocycles. The Bertz CT molecular complexity index is 367. The third-order valence-electron chi connectivity index (χ3n) is 3.37. The summed E-state index contributed by atoms with van der Waals surface area (Å²) in [5.41, 5.74) is 6.67. The van der Waals surface area contributed by atoms with Gasteiger partial charge in [-0.3, -0.25) is 0 Å². The van der Waals surface area contributed by atoms with Crippen LogP contribution in [0.25, 0.3) is 0 Å². The topological polar surface area (TPSA) is 53.7 Å². The number of benzene rings is 1. The highest BCUT2D eigenvalue weighted by molar-refractivity contribution is 5.38. The van der Waals surface area contributed by atoms with E-state index in [9.17, 15) is 0 Å². The van der Waals surface area contributed by atoms with Gasteiger partial charge in [0.2, 0.25) is 0 Å². The first-order chi connectivity index (χ1) is 9.31. The van der Waals surface area contributed by atoms with E-state index in [0.717, 1.165) is 36.5 Å². The second kappa shape index (κ2) is 7.36. The molecule has 0 amide bonds. The van der Waals surface area contributed by atoms with E-state index < -0.39 is 0 Å². The summed E-state index contributed by atoms with van der Waals surface area (Å²) < 4.78 is 16.6. The van der Waals surface area contributed by atoms with Crippen LogP contribution in [-0.2, 0) is 11.3 Å². The van der Waals surface area contributed by atoms with Gasteiger partial charge in [0.05, 0.1) is 19.8 Å². The van der Waals surface area contributed by atoms with Crippen LogP contribution in [0.3, 0.4) is 0 Å². The molecule has 1 atom stereocenters. The largest absolute Gasteiger partial charge is 0.497 e. The molecule has 0 spiro atoms. The minimum atomic E-state index is 0.438. The second-order valence-electron chi connectivity index (χ2n) is 4.85. The van der Waals surface area contributed by atoms with E-state index in [1.807, 2.05) is 18.2 Å². The van der Waals surface area contributed by atoms with Crippen LogP contribution in [0.1, 0.15) is 31.2 Å². The van der Waals surface area contributed by atoms with Crippen LogP contribution >= 0.6 is 0 Å². The van der Waals surface area contributed by atoms with Crippen molar-refractivity contribution in [2.75, 3.05) is 20.3 Å². The highest BCUT2D eigenvalue weighted by Crippen LogP contribution is 2.23. The predicted octanol–water partition coefficient (Wildman–Crippen LogP) is 2.49. The number of rotatable bonds is 7. The van der Waals surface area contributed by atoms with Crippen LogP contribution in [0.2, 0.25) is 0 Å². The van der Waals surface area contributed by atoms with Crippen LogP contribution in [0, 0.1) is 0 Å². The van der Waals surface area contributed by atoms with Crippen molar-refractivity contribution in [3.63, 3.8) is 0 Å². The first kappa shape index (κ1) is 14.2. The number of nitrogens with two attached hydrogens (primary N) is 1. The van der Waals surface area contributed by atoms with Gasteiger partial charge in [-0.15, -0.1) is 0 Å². The van der Waals surface area contributed by atoms with Crippen molar-refractivity contribution in [1.29, 1.82) is 0 Å². The minimum absolute atomic E-state index is 0.438. The van der Waals surface area contributed by atoms with Gasteiger partial charge in [-0.2, -0.15) is 0 Å². The van der Waals surface area contributed by atoms with Crippen molar-refractivity contribution in [1.82, 2.24) is 0 Å². The zero-order valence-electron chi connectivity index (χ0n) is 11.6. The smallest absolute Gasteiger partial charge is 0.123 e. The van der Waals surface area contributed by atoms with Crippen molar-refractivity contribution < 1.29 is 14.2 Å². The maximum atomic E-state index is 5.76. The van der Waals surface area contributed by atoms with Gasteiger partial charge in [0.25, 0.3) is 0 Å². The molecular formula is C15H23NO3. The van der Waals surface area contributed by atoms with Crippen LogP contribution in [0.4, 0.5) is 0 Å². The molecule has 2 rings (SSSR count). The standard InChI is InChI=1S/C15H23NO3/c1-17-14-8-12(11-16)9-15(10-14)19-7-3-5-13-4-2-6-18-13/h8-10,13H,2-7,11,16H2,1H3. The molecule has 0 radical (unpaired) electrons. The highest BCUT2D eigenvalue weighted by Gasteiger charge is 2.14. The molecule has 1 heterocycles. The summed E-state index contributed by atoms with van der Waals surface area (Å²) in [6.45, 7) is 2.11. The van der Waals surface area contributed by atoms with Gasteiger partial charge >= 0.3 is 0 Å². The molecule has 0 bridgehead atoms. The van der Waals surface area contributed by atoms with Gasteiger partial charge in [-0.1, -0.05) is 0 Å². The molecule has 1 saturated heterocycles. The van der Waals surface area contributed by atoms with Crippen molar-refractivity contribution in [3.8, 4) is 11.5 Å². The third kappa shape index (κ3) is 4.40. The highest BCUT2D eigenvalue weighted by atomic mass is 16.5. The Hall–Kier alpha value is -1.26. The summed E-state index contributed by atoms with van der Waals surface area (Å²) >= 11 is 0. The summed E-state index contributed by atoms with van der Waals surface area (Å²) in [4.78, 5) is 0. The number of hydrogen-bond donors (Lipinski definition) is 1. The normalized spacial score (nSPS) is 18.5. The Kier molecular flexibility index (Phi) is 5.48. The van der Waals surface area contributed by atoms with Crippen molar-refractivity contribution in [2.45, 2.75) is 38.3 Å². The zero-order valence-corrected chi connectivity index (χ0v) is 11.6. The summed E-state index contributed by atoms with van der Waals surface area (Å²) in [5, 5.41) is 0. The molecule has 1 unspecified atom stereocenters. The third-order valence-corrected chi connectivity index (χ3v) is 3.37. The van der Waals surface area contributed by atoms with Gasteiger partial charge in [0.1, 0.15) is 11.5 Å². The number of hydrogen-bond acceptors (Lipinski definition) is 4. The van der Waals surface area contributed by atoms with Crippen LogP contribution < -0.4 is 15.2 Å². The van der Waals surface area contributed by atoms with E-state index in [1.54, 1.807) is 7.11 Å². The van der Waals surface area contributed by atoms with Crippen LogP contribution in [-0.4, -0.2) is 26.4 Å². The SMILES string of the molecule is COc1cc(CN)cc(OCCCC2CCCO2)c1. The lowest BCUT2D eigenvalue weighted by molar-refractivity contribution is 0.0981. The van der Waals surface area contributed by atoms with Gasteiger partial charge in [-0.05, 0) is 43.4 Å². The van der Waals surface area contributed by atoms with Gasteiger partial charge < -0.3 is 19.9 Å². The Morgan fingerprint density at radius 1 is 1.32 bits per heavy atom. The fourth-order valence-electron chi connectivity index (χ4n) is 2.32. The number of ether oxygens (including phenoxy) is 3. The van der Waals surface area contributed by atoms with Gasteiger partial charge in [0.15, 0.2) is 0 Å². The summed E-state index contributed by atoms with van der Waals surface area (Å²) in [7, 11) is 1.65. The predicted molar refractivity (Wildman–Crippen MR) is 74.6 cm³/mol.